The fraction of sp³-hybridized carbons (Fsp3) is 0.423. The smallest absolute Gasteiger partial charge is 0.306 e. The molecule has 2 heterocycles. The summed E-state index contributed by atoms with van der Waals surface area (Å²) in [7, 11) is -3.84. The molecule has 2 atom stereocenters. The van der Waals surface area contributed by atoms with E-state index in [1.807, 2.05) is 0 Å². The summed E-state index contributed by atoms with van der Waals surface area (Å²) in [5.74, 6) is -1.02. The predicted octanol–water partition coefficient (Wildman–Crippen LogP) is 4.58. The van der Waals surface area contributed by atoms with Crippen molar-refractivity contribution in [3.8, 4) is 23.0 Å². The number of ether oxygens (including phenoxy) is 2. The van der Waals surface area contributed by atoms with Crippen LogP contribution in [-0.2, 0) is 14.8 Å². The quantitative estimate of drug-likeness (QED) is 0.353. The van der Waals surface area contributed by atoms with Crippen molar-refractivity contribution in [2.24, 2.45) is 11.8 Å². The Labute approximate surface area is 220 Å². The molecule has 1 fully saturated rings. The molecule has 0 unspecified atom stereocenters. The molecule has 1 aliphatic carbocycles. The number of anilines is 1. The summed E-state index contributed by atoms with van der Waals surface area (Å²) < 4.78 is 57.6. The number of hydrogen-bond donors (Lipinski definition) is 2. The summed E-state index contributed by atoms with van der Waals surface area (Å²) in [6, 6.07) is 8.61. The van der Waals surface area contributed by atoms with E-state index in [2.05, 4.69) is 14.9 Å². The summed E-state index contributed by atoms with van der Waals surface area (Å²) in [4.78, 5) is 16.1. The molecule has 0 aliphatic heterocycles. The SMILES string of the molecule is Cc1nc(-c2onc(C)c2NS(=O)(=O)CCOc2ccc(F)cc2)ccc1OC[C@H]1CCCC[C@@H]1C(=O)O. The number of carboxylic acids is 1. The number of carbonyl (C=O) groups is 1. The topological polar surface area (TPSA) is 141 Å². The normalized spacial score (nSPS) is 17.7. The van der Waals surface area contributed by atoms with E-state index in [0.29, 0.717) is 35.0 Å². The Kier molecular flexibility index (Phi) is 8.50. The summed E-state index contributed by atoms with van der Waals surface area (Å²) in [6.07, 6.45) is 3.35. The Morgan fingerprint density at radius 3 is 2.55 bits per heavy atom. The molecule has 204 valence electrons. The van der Waals surface area contributed by atoms with E-state index < -0.39 is 27.7 Å². The Balaban J connectivity index is 1.41. The summed E-state index contributed by atoms with van der Waals surface area (Å²) in [5.41, 5.74) is 1.40. The van der Waals surface area contributed by atoms with Gasteiger partial charge in [0.05, 0.1) is 18.2 Å². The van der Waals surface area contributed by atoms with Gasteiger partial charge in [-0.1, -0.05) is 18.0 Å². The van der Waals surface area contributed by atoms with Crippen molar-refractivity contribution in [2.75, 3.05) is 23.7 Å². The first-order valence-electron chi connectivity index (χ1n) is 12.3. The van der Waals surface area contributed by atoms with Gasteiger partial charge in [-0.3, -0.25) is 9.52 Å². The van der Waals surface area contributed by atoms with Crippen LogP contribution in [0.15, 0.2) is 40.9 Å². The molecule has 0 amide bonds. The number of pyridine rings is 1. The Bertz CT molecular complexity index is 1380. The zero-order valence-corrected chi connectivity index (χ0v) is 22.0. The molecule has 12 heteroatoms. The van der Waals surface area contributed by atoms with Gasteiger partial charge in [0.25, 0.3) is 0 Å². The Morgan fingerprint density at radius 1 is 1.11 bits per heavy atom. The highest BCUT2D eigenvalue weighted by molar-refractivity contribution is 7.92. The average Bonchev–Trinajstić information content (AvgIpc) is 3.23. The molecule has 10 nitrogen and oxygen atoms in total. The van der Waals surface area contributed by atoms with Gasteiger partial charge < -0.3 is 19.1 Å². The van der Waals surface area contributed by atoms with Gasteiger partial charge in [0.1, 0.15) is 46.8 Å². The lowest BCUT2D eigenvalue weighted by molar-refractivity contribution is -0.145. The number of sulfonamides is 1. The minimum absolute atomic E-state index is 0.0645. The monoisotopic (exact) mass is 547 g/mol. The molecule has 0 radical (unpaired) electrons. The van der Waals surface area contributed by atoms with Gasteiger partial charge in [-0.05, 0) is 63.1 Å². The van der Waals surface area contributed by atoms with Crippen molar-refractivity contribution in [1.82, 2.24) is 10.1 Å². The fourth-order valence-electron chi connectivity index (χ4n) is 4.43. The summed E-state index contributed by atoms with van der Waals surface area (Å²) in [6.45, 7) is 3.49. The number of aryl methyl sites for hydroxylation is 2. The van der Waals surface area contributed by atoms with Crippen molar-refractivity contribution < 1.29 is 36.7 Å². The number of nitrogens with zero attached hydrogens (tertiary/aromatic N) is 2. The molecule has 3 aromatic rings. The lowest BCUT2D eigenvalue weighted by Crippen LogP contribution is -2.31. The van der Waals surface area contributed by atoms with E-state index in [9.17, 15) is 22.7 Å². The van der Waals surface area contributed by atoms with Gasteiger partial charge in [-0.15, -0.1) is 0 Å². The van der Waals surface area contributed by atoms with Gasteiger partial charge in [0, 0.05) is 5.92 Å². The maximum Gasteiger partial charge on any atom is 0.306 e. The van der Waals surface area contributed by atoms with E-state index in [0.717, 1.165) is 19.3 Å². The van der Waals surface area contributed by atoms with Gasteiger partial charge in [-0.2, -0.15) is 0 Å². The molecule has 2 N–H and O–H groups in total. The largest absolute Gasteiger partial charge is 0.492 e. The second kappa shape index (κ2) is 11.8. The van der Waals surface area contributed by atoms with Gasteiger partial charge in [0.2, 0.25) is 15.8 Å². The first kappa shape index (κ1) is 27.4. The molecular weight excluding hydrogens is 517 g/mol. The number of nitrogens with one attached hydrogen (secondary N) is 1. The molecular formula is C26H30FN3O7S. The number of aromatic nitrogens is 2. The maximum atomic E-state index is 13.0. The Morgan fingerprint density at radius 2 is 1.84 bits per heavy atom. The second-order valence-electron chi connectivity index (χ2n) is 9.28. The van der Waals surface area contributed by atoms with Crippen molar-refractivity contribution in [1.29, 1.82) is 0 Å². The maximum absolute atomic E-state index is 13.0. The standard InChI is InChI=1S/C26H30FN3O7S/c1-16-23(36-15-18-5-3-4-6-21(18)26(31)32)12-11-22(28-16)25-24(17(2)29-37-25)30-38(33,34)14-13-35-20-9-7-19(27)8-10-20/h7-12,18,21,30H,3-6,13-15H2,1-2H3,(H,31,32)/t18-,21+/m1/s1. The van der Waals surface area contributed by atoms with E-state index >= 15 is 0 Å². The molecule has 1 aliphatic rings. The zero-order chi connectivity index (χ0) is 27.3. The molecule has 0 saturated heterocycles. The third-order valence-electron chi connectivity index (χ3n) is 6.50. The van der Waals surface area contributed by atoms with Crippen LogP contribution >= 0.6 is 0 Å². The van der Waals surface area contributed by atoms with Gasteiger partial charge in [0.15, 0.2) is 0 Å². The van der Waals surface area contributed by atoms with E-state index in [-0.39, 0.29) is 36.3 Å². The number of hydrogen-bond acceptors (Lipinski definition) is 8. The molecule has 0 bridgehead atoms. The van der Waals surface area contributed by atoms with Crippen LogP contribution in [0.3, 0.4) is 0 Å². The highest BCUT2D eigenvalue weighted by Crippen LogP contribution is 2.34. The molecule has 2 aromatic heterocycles. The van der Waals surface area contributed by atoms with Crippen molar-refractivity contribution in [2.45, 2.75) is 39.5 Å². The zero-order valence-electron chi connectivity index (χ0n) is 21.1. The van der Waals surface area contributed by atoms with E-state index in [1.54, 1.807) is 26.0 Å². The molecule has 1 saturated carbocycles. The third kappa shape index (κ3) is 6.80. The van der Waals surface area contributed by atoms with Crippen LogP contribution in [-0.4, -0.2) is 48.6 Å². The highest BCUT2D eigenvalue weighted by atomic mass is 32.2. The van der Waals surface area contributed by atoms with Gasteiger partial charge >= 0.3 is 5.97 Å². The van der Waals surface area contributed by atoms with Gasteiger partial charge in [-0.25, -0.2) is 17.8 Å². The number of aliphatic carboxylic acids is 1. The van der Waals surface area contributed by atoms with Crippen LogP contribution in [0, 0.1) is 31.5 Å². The number of benzene rings is 1. The van der Waals surface area contributed by atoms with Crippen molar-refractivity contribution >= 4 is 21.7 Å². The van der Waals surface area contributed by atoms with Crippen molar-refractivity contribution in [3.63, 3.8) is 0 Å². The third-order valence-corrected chi connectivity index (χ3v) is 7.72. The first-order chi connectivity index (χ1) is 18.1. The van der Waals surface area contributed by atoms with Crippen LogP contribution in [0.5, 0.6) is 11.5 Å². The van der Waals surface area contributed by atoms with Crippen LogP contribution < -0.4 is 14.2 Å². The average molecular weight is 548 g/mol. The minimum atomic E-state index is -3.84. The number of carboxylic acid groups (broad SMARTS) is 1. The van der Waals surface area contributed by atoms with Crippen LogP contribution in [0.25, 0.3) is 11.5 Å². The summed E-state index contributed by atoms with van der Waals surface area (Å²) >= 11 is 0. The number of halogens is 1. The fourth-order valence-corrected chi connectivity index (χ4v) is 5.38. The minimum Gasteiger partial charge on any atom is -0.492 e. The summed E-state index contributed by atoms with van der Waals surface area (Å²) in [5, 5.41) is 13.4. The van der Waals surface area contributed by atoms with Crippen LogP contribution in [0.1, 0.15) is 37.1 Å². The number of rotatable bonds is 11. The molecule has 1 aromatic carbocycles. The van der Waals surface area contributed by atoms with Crippen LogP contribution in [0.2, 0.25) is 0 Å². The molecule has 0 spiro atoms. The lowest BCUT2D eigenvalue weighted by Gasteiger charge is -2.28. The molecule has 4 rings (SSSR count). The van der Waals surface area contributed by atoms with E-state index in [1.165, 1.54) is 24.3 Å². The Hall–Kier alpha value is -3.67. The first-order valence-corrected chi connectivity index (χ1v) is 14.0. The highest BCUT2D eigenvalue weighted by Gasteiger charge is 2.31. The lowest BCUT2D eigenvalue weighted by atomic mass is 9.80. The molecule has 38 heavy (non-hydrogen) atoms. The van der Waals surface area contributed by atoms with Crippen molar-refractivity contribution in [3.05, 3.63) is 53.6 Å². The van der Waals surface area contributed by atoms with Crippen LogP contribution in [0.4, 0.5) is 10.1 Å². The van der Waals surface area contributed by atoms with E-state index in [4.69, 9.17) is 14.0 Å². The second-order valence-corrected chi connectivity index (χ2v) is 11.1. The predicted molar refractivity (Wildman–Crippen MR) is 137 cm³/mol.